The molecule has 1 atom stereocenters. The third kappa shape index (κ3) is 3.79. The molecule has 2 aromatic carbocycles. The molecule has 1 aliphatic rings. The Labute approximate surface area is 152 Å². The Bertz CT molecular complexity index is 817. The van der Waals surface area contributed by atoms with Crippen molar-refractivity contribution in [3.05, 3.63) is 48.0 Å². The van der Waals surface area contributed by atoms with Crippen LogP contribution in [0.1, 0.15) is 19.4 Å². The average molecular weight is 354 g/mol. The predicted molar refractivity (Wildman–Crippen MR) is 99.9 cm³/mol. The summed E-state index contributed by atoms with van der Waals surface area (Å²) in [5.41, 5.74) is 2.23. The van der Waals surface area contributed by atoms with E-state index in [1.165, 1.54) is 0 Å². The quantitative estimate of drug-likeness (QED) is 0.896. The van der Waals surface area contributed by atoms with Gasteiger partial charge in [0.05, 0.1) is 18.7 Å². The molecule has 0 saturated carbocycles. The summed E-state index contributed by atoms with van der Waals surface area (Å²) in [6.07, 6.45) is -0.276. The highest BCUT2D eigenvalue weighted by Gasteiger charge is 2.28. The normalized spacial score (nSPS) is 15.9. The second-order valence-electron chi connectivity index (χ2n) is 6.14. The van der Waals surface area contributed by atoms with Crippen molar-refractivity contribution in [2.24, 2.45) is 0 Å². The van der Waals surface area contributed by atoms with Gasteiger partial charge >= 0.3 is 0 Å². The third-order valence-electron chi connectivity index (χ3n) is 4.19. The fourth-order valence-corrected chi connectivity index (χ4v) is 2.86. The van der Waals surface area contributed by atoms with Crippen LogP contribution in [0.4, 0.5) is 11.4 Å². The largest absolute Gasteiger partial charge is 0.494 e. The van der Waals surface area contributed by atoms with E-state index in [0.29, 0.717) is 23.7 Å². The second-order valence-corrected chi connectivity index (χ2v) is 6.14. The number of carbonyl (C=O) groups excluding carboxylic acids is 2. The molecule has 1 unspecified atom stereocenters. The number of rotatable bonds is 5. The van der Waals surface area contributed by atoms with Gasteiger partial charge in [0.25, 0.3) is 5.91 Å². The Morgan fingerprint density at radius 2 is 1.96 bits per heavy atom. The molecule has 0 aliphatic carbocycles. The zero-order valence-corrected chi connectivity index (χ0v) is 15.1. The molecule has 2 amide bonds. The van der Waals surface area contributed by atoms with E-state index < -0.39 is 6.10 Å². The number of fused-ring (bicyclic) bond motifs is 1. The van der Waals surface area contributed by atoms with Gasteiger partial charge in [-0.15, -0.1) is 0 Å². The van der Waals surface area contributed by atoms with Gasteiger partial charge in [-0.3, -0.25) is 9.59 Å². The van der Waals surface area contributed by atoms with Crippen LogP contribution in [0.3, 0.4) is 0 Å². The van der Waals surface area contributed by atoms with Gasteiger partial charge in [0.15, 0.2) is 6.10 Å². The van der Waals surface area contributed by atoms with E-state index in [1.807, 2.05) is 31.2 Å². The number of hydrogen-bond acceptors (Lipinski definition) is 4. The van der Waals surface area contributed by atoms with E-state index in [4.69, 9.17) is 9.47 Å². The van der Waals surface area contributed by atoms with E-state index in [9.17, 15) is 9.59 Å². The van der Waals surface area contributed by atoms with Crippen LogP contribution in [0.15, 0.2) is 42.5 Å². The van der Waals surface area contributed by atoms with Crippen molar-refractivity contribution < 1.29 is 19.1 Å². The van der Waals surface area contributed by atoms with E-state index in [2.05, 4.69) is 5.32 Å². The number of nitrogens with one attached hydrogen (secondary N) is 1. The molecule has 6 nitrogen and oxygen atoms in total. The van der Waals surface area contributed by atoms with Gasteiger partial charge in [-0.1, -0.05) is 12.1 Å². The summed E-state index contributed by atoms with van der Waals surface area (Å²) in [6, 6.07) is 12.7. The minimum absolute atomic E-state index is 0.0928. The van der Waals surface area contributed by atoms with Gasteiger partial charge in [0.2, 0.25) is 5.91 Å². The molecule has 26 heavy (non-hydrogen) atoms. The zero-order chi connectivity index (χ0) is 18.7. The minimum Gasteiger partial charge on any atom is -0.494 e. The van der Waals surface area contributed by atoms with Crippen molar-refractivity contribution in [2.75, 3.05) is 23.9 Å². The van der Waals surface area contributed by atoms with Crippen LogP contribution in [-0.2, 0) is 16.0 Å². The van der Waals surface area contributed by atoms with Crippen LogP contribution in [0, 0.1) is 0 Å². The van der Waals surface area contributed by atoms with Crippen molar-refractivity contribution in [3.8, 4) is 11.5 Å². The van der Waals surface area contributed by atoms with Crippen molar-refractivity contribution >= 4 is 23.2 Å². The summed E-state index contributed by atoms with van der Waals surface area (Å²) in [6.45, 7) is 4.25. The van der Waals surface area contributed by atoms with Crippen molar-refractivity contribution in [2.45, 2.75) is 26.4 Å². The van der Waals surface area contributed by atoms with E-state index in [0.717, 1.165) is 11.3 Å². The third-order valence-corrected chi connectivity index (χ3v) is 4.19. The highest BCUT2D eigenvalue weighted by Crippen LogP contribution is 2.35. The Kier molecular flexibility index (Phi) is 5.11. The second kappa shape index (κ2) is 7.47. The van der Waals surface area contributed by atoms with Gasteiger partial charge in [0, 0.05) is 18.8 Å². The maximum Gasteiger partial charge on any atom is 0.267 e. The smallest absolute Gasteiger partial charge is 0.267 e. The lowest BCUT2D eigenvalue weighted by Crippen LogP contribution is -2.41. The summed E-state index contributed by atoms with van der Waals surface area (Å²) >= 11 is 0. The van der Waals surface area contributed by atoms with Gasteiger partial charge in [-0.25, -0.2) is 0 Å². The number of anilines is 2. The number of likely N-dealkylation sites (N-methyl/N-ethyl adjacent to an activating group) is 1. The van der Waals surface area contributed by atoms with Crippen LogP contribution < -0.4 is 19.7 Å². The highest BCUT2D eigenvalue weighted by atomic mass is 16.5. The first-order valence-electron chi connectivity index (χ1n) is 8.57. The highest BCUT2D eigenvalue weighted by molar-refractivity contribution is 6.00. The fraction of sp³-hybridized carbons (Fsp3) is 0.300. The van der Waals surface area contributed by atoms with Gasteiger partial charge < -0.3 is 19.7 Å². The lowest BCUT2D eigenvalue weighted by atomic mass is 10.1. The van der Waals surface area contributed by atoms with Gasteiger partial charge in [-0.05, 0) is 43.7 Å². The van der Waals surface area contributed by atoms with Crippen LogP contribution in [0.5, 0.6) is 11.5 Å². The molecule has 6 heteroatoms. The maximum absolute atomic E-state index is 12.3. The fourth-order valence-electron chi connectivity index (χ4n) is 2.86. The summed E-state index contributed by atoms with van der Waals surface area (Å²) in [7, 11) is 1.71. The summed E-state index contributed by atoms with van der Waals surface area (Å²) in [4.78, 5) is 25.8. The lowest BCUT2D eigenvalue weighted by molar-refractivity contribution is -0.125. The molecule has 0 radical (unpaired) electrons. The topological polar surface area (TPSA) is 67.9 Å². The van der Waals surface area contributed by atoms with Gasteiger partial charge in [-0.2, -0.15) is 0 Å². The first-order chi connectivity index (χ1) is 12.5. The van der Waals surface area contributed by atoms with Crippen molar-refractivity contribution in [1.29, 1.82) is 0 Å². The van der Waals surface area contributed by atoms with Gasteiger partial charge in [0.1, 0.15) is 11.5 Å². The molecule has 1 aliphatic heterocycles. The molecule has 2 aromatic rings. The molecule has 0 saturated heterocycles. The summed E-state index contributed by atoms with van der Waals surface area (Å²) in [5, 5.41) is 2.87. The zero-order valence-electron chi connectivity index (χ0n) is 15.1. The van der Waals surface area contributed by atoms with E-state index in [-0.39, 0.29) is 18.2 Å². The van der Waals surface area contributed by atoms with Crippen LogP contribution >= 0.6 is 0 Å². The Balaban J connectivity index is 1.66. The standard InChI is InChI=1S/C20H22N2O4/c1-4-25-16-8-5-14(6-9-16)11-19(23)21-15-7-10-17-18(12-15)26-13(2)20(24)22(17)3/h5-10,12-13H,4,11H2,1-3H3,(H,21,23). The van der Waals surface area contributed by atoms with Crippen LogP contribution in [0.25, 0.3) is 0 Å². The number of nitrogens with zero attached hydrogens (tertiary/aromatic N) is 1. The number of hydrogen-bond donors (Lipinski definition) is 1. The van der Waals surface area contributed by atoms with E-state index >= 15 is 0 Å². The first kappa shape index (κ1) is 17.8. The Morgan fingerprint density at radius 3 is 2.65 bits per heavy atom. The summed E-state index contributed by atoms with van der Waals surface area (Å²) < 4.78 is 11.0. The van der Waals surface area contributed by atoms with E-state index in [1.54, 1.807) is 37.1 Å². The minimum atomic E-state index is -0.540. The number of ether oxygens (including phenoxy) is 2. The predicted octanol–water partition coefficient (Wildman–Crippen LogP) is 3.01. The lowest BCUT2D eigenvalue weighted by Gasteiger charge is -2.30. The summed E-state index contributed by atoms with van der Waals surface area (Å²) in [5.74, 6) is 1.15. The van der Waals surface area contributed by atoms with Crippen LogP contribution in [0.2, 0.25) is 0 Å². The first-order valence-corrected chi connectivity index (χ1v) is 8.57. The molecule has 0 fully saturated rings. The monoisotopic (exact) mass is 354 g/mol. The number of amides is 2. The number of benzene rings is 2. The molecule has 3 rings (SSSR count). The Hall–Kier alpha value is -3.02. The Morgan fingerprint density at radius 1 is 1.23 bits per heavy atom. The molecule has 0 spiro atoms. The SMILES string of the molecule is CCOc1ccc(CC(=O)Nc2ccc3c(c2)OC(C)C(=O)N3C)cc1. The average Bonchev–Trinajstić information content (AvgIpc) is 2.61. The molecule has 0 aromatic heterocycles. The van der Waals surface area contributed by atoms with Crippen molar-refractivity contribution in [3.63, 3.8) is 0 Å². The molecular weight excluding hydrogens is 332 g/mol. The molecule has 136 valence electrons. The molecular formula is C20H22N2O4. The number of carbonyl (C=O) groups is 2. The molecule has 1 heterocycles. The molecule has 0 bridgehead atoms. The van der Waals surface area contributed by atoms with Crippen LogP contribution in [-0.4, -0.2) is 31.6 Å². The van der Waals surface area contributed by atoms with Crippen molar-refractivity contribution in [1.82, 2.24) is 0 Å². The maximum atomic E-state index is 12.3. The molecule has 1 N–H and O–H groups in total.